The van der Waals surface area contributed by atoms with Crippen molar-refractivity contribution in [3.8, 4) is 11.4 Å². The first-order chi connectivity index (χ1) is 11.1. The molecule has 1 fully saturated rings. The Morgan fingerprint density at radius 1 is 1.35 bits per heavy atom. The van der Waals surface area contributed by atoms with Crippen molar-refractivity contribution in [3.63, 3.8) is 0 Å². The topological polar surface area (TPSA) is 83.7 Å². The average Bonchev–Trinajstić information content (AvgIpc) is 2.89. The maximum absolute atomic E-state index is 10.6. The van der Waals surface area contributed by atoms with Crippen LogP contribution in [0.5, 0.6) is 0 Å². The van der Waals surface area contributed by atoms with Gasteiger partial charge in [0.1, 0.15) is 5.60 Å². The van der Waals surface area contributed by atoms with Crippen molar-refractivity contribution in [1.29, 1.82) is 0 Å². The quantitative estimate of drug-likeness (QED) is 0.831. The van der Waals surface area contributed by atoms with Crippen LogP contribution in [0.1, 0.15) is 5.89 Å². The SMILES string of the molecule is CN(Cc1nc(-c2ccccc2)no1)CC1(O)CNCCOC1. The number of hydrogen-bond acceptors (Lipinski definition) is 7. The predicted molar refractivity (Wildman–Crippen MR) is 84.7 cm³/mol. The van der Waals surface area contributed by atoms with Crippen LogP contribution in [0, 0.1) is 0 Å². The number of ether oxygens (including phenoxy) is 1. The second-order valence-corrected chi connectivity index (χ2v) is 6.00. The van der Waals surface area contributed by atoms with Gasteiger partial charge in [0.2, 0.25) is 11.7 Å². The van der Waals surface area contributed by atoms with E-state index in [0.29, 0.717) is 44.6 Å². The minimum absolute atomic E-state index is 0.323. The summed E-state index contributed by atoms with van der Waals surface area (Å²) in [7, 11) is 1.91. The molecule has 2 aromatic rings. The van der Waals surface area contributed by atoms with Crippen LogP contribution >= 0.6 is 0 Å². The van der Waals surface area contributed by atoms with Crippen LogP contribution in [0.4, 0.5) is 0 Å². The van der Waals surface area contributed by atoms with Gasteiger partial charge in [-0.1, -0.05) is 35.5 Å². The Hall–Kier alpha value is -1.80. The first-order valence-corrected chi connectivity index (χ1v) is 7.72. The molecule has 124 valence electrons. The molecule has 1 aliphatic rings. The number of benzene rings is 1. The van der Waals surface area contributed by atoms with E-state index < -0.39 is 5.60 Å². The predicted octanol–water partition coefficient (Wildman–Crippen LogP) is 0.519. The molecule has 23 heavy (non-hydrogen) atoms. The molecular weight excluding hydrogens is 296 g/mol. The second-order valence-electron chi connectivity index (χ2n) is 6.00. The molecule has 0 spiro atoms. The number of rotatable bonds is 5. The van der Waals surface area contributed by atoms with Crippen LogP contribution in [0.25, 0.3) is 11.4 Å². The molecule has 1 aliphatic heterocycles. The molecule has 0 saturated carbocycles. The largest absolute Gasteiger partial charge is 0.385 e. The average molecular weight is 318 g/mol. The molecule has 2 heterocycles. The number of nitrogens with zero attached hydrogens (tertiary/aromatic N) is 3. The van der Waals surface area contributed by atoms with Gasteiger partial charge < -0.3 is 19.7 Å². The fourth-order valence-electron chi connectivity index (χ4n) is 2.69. The third-order valence-corrected chi connectivity index (χ3v) is 3.72. The Morgan fingerprint density at radius 3 is 3.00 bits per heavy atom. The van der Waals surface area contributed by atoms with Crippen molar-refractivity contribution < 1.29 is 14.4 Å². The minimum Gasteiger partial charge on any atom is -0.385 e. The molecule has 2 N–H and O–H groups in total. The van der Waals surface area contributed by atoms with E-state index in [9.17, 15) is 5.11 Å². The Morgan fingerprint density at radius 2 is 2.17 bits per heavy atom. The van der Waals surface area contributed by atoms with Gasteiger partial charge in [-0.15, -0.1) is 0 Å². The smallest absolute Gasteiger partial charge is 0.241 e. The summed E-state index contributed by atoms with van der Waals surface area (Å²) in [6, 6.07) is 9.70. The molecule has 1 aromatic carbocycles. The molecule has 1 unspecified atom stereocenters. The Kier molecular flexibility index (Phi) is 5.02. The highest BCUT2D eigenvalue weighted by molar-refractivity contribution is 5.53. The zero-order chi connectivity index (χ0) is 16.1. The third-order valence-electron chi connectivity index (χ3n) is 3.72. The molecule has 0 aliphatic carbocycles. The summed E-state index contributed by atoms with van der Waals surface area (Å²) in [6.07, 6.45) is 0. The lowest BCUT2D eigenvalue weighted by molar-refractivity contribution is -0.0471. The van der Waals surface area contributed by atoms with Crippen LogP contribution in [0.3, 0.4) is 0 Å². The molecule has 7 heteroatoms. The highest BCUT2D eigenvalue weighted by Gasteiger charge is 2.30. The molecule has 3 rings (SSSR count). The van der Waals surface area contributed by atoms with E-state index >= 15 is 0 Å². The maximum atomic E-state index is 10.6. The van der Waals surface area contributed by atoms with Gasteiger partial charge in [0.25, 0.3) is 0 Å². The summed E-state index contributed by atoms with van der Waals surface area (Å²) in [4.78, 5) is 6.36. The second kappa shape index (κ2) is 7.18. The Labute approximate surface area is 135 Å². The normalized spacial score (nSPS) is 22.2. The Balaban J connectivity index is 1.60. The van der Waals surface area contributed by atoms with Crippen LogP contribution in [-0.2, 0) is 11.3 Å². The molecule has 1 atom stereocenters. The van der Waals surface area contributed by atoms with E-state index in [-0.39, 0.29) is 0 Å². The summed E-state index contributed by atoms with van der Waals surface area (Å²) in [5.74, 6) is 1.10. The van der Waals surface area contributed by atoms with E-state index in [1.165, 1.54) is 0 Å². The lowest BCUT2D eigenvalue weighted by atomic mass is 10.1. The van der Waals surface area contributed by atoms with Crippen LogP contribution < -0.4 is 5.32 Å². The van der Waals surface area contributed by atoms with Gasteiger partial charge in [-0.25, -0.2) is 0 Å². The first kappa shape index (κ1) is 16.1. The summed E-state index contributed by atoms with van der Waals surface area (Å²) >= 11 is 0. The van der Waals surface area contributed by atoms with Crippen molar-refractivity contribution in [2.45, 2.75) is 12.1 Å². The monoisotopic (exact) mass is 318 g/mol. The van der Waals surface area contributed by atoms with Crippen molar-refractivity contribution in [2.24, 2.45) is 0 Å². The van der Waals surface area contributed by atoms with E-state index in [2.05, 4.69) is 15.5 Å². The summed E-state index contributed by atoms with van der Waals surface area (Å²) in [5.41, 5.74) is 0.0122. The van der Waals surface area contributed by atoms with Crippen LogP contribution in [0.15, 0.2) is 34.9 Å². The molecule has 0 bridgehead atoms. The van der Waals surface area contributed by atoms with E-state index in [1.54, 1.807) is 0 Å². The summed E-state index contributed by atoms with van der Waals surface area (Å²) < 4.78 is 10.7. The van der Waals surface area contributed by atoms with Gasteiger partial charge in [-0.2, -0.15) is 4.98 Å². The molecule has 1 saturated heterocycles. The van der Waals surface area contributed by atoms with Gasteiger partial charge in [-0.05, 0) is 7.05 Å². The van der Waals surface area contributed by atoms with Crippen molar-refractivity contribution in [3.05, 3.63) is 36.2 Å². The zero-order valence-electron chi connectivity index (χ0n) is 13.2. The van der Waals surface area contributed by atoms with Gasteiger partial charge in [0, 0.05) is 25.2 Å². The maximum Gasteiger partial charge on any atom is 0.241 e. The lowest BCUT2D eigenvalue weighted by Gasteiger charge is -2.30. The lowest BCUT2D eigenvalue weighted by Crippen LogP contribution is -2.50. The number of likely N-dealkylation sites (N-methyl/N-ethyl adjacent to an activating group) is 1. The van der Waals surface area contributed by atoms with Crippen molar-refractivity contribution >= 4 is 0 Å². The standard InChI is InChI=1S/C16H22N4O3/c1-20(11-16(21)10-17-7-8-22-12-16)9-14-18-15(19-23-14)13-5-3-2-4-6-13/h2-6,17,21H,7-12H2,1H3. The molecular formula is C16H22N4O3. The highest BCUT2D eigenvalue weighted by Crippen LogP contribution is 2.16. The molecule has 1 aromatic heterocycles. The van der Waals surface area contributed by atoms with Gasteiger partial charge in [-0.3, -0.25) is 4.90 Å². The van der Waals surface area contributed by atoms with Gasteiger partial charge >= 0.3 is 0 Å². The van der Waals surface area contributed by atoms with E-state index in [1.807, 2.05) is 42.3 Å². The number of aromatic nitrogens is 2. The first-order valence-electron chi connectivity index (χ1n) is 7.72. The number of hydrogen-bond donors (Lipinski definition) is 2. The fraction of sp³-hybridized carbons (Fsp3) is 0.500. The molecule has 7 nitrogen and oxygen atoms in total. The minimum atomic E-state index is -0.909. The van der Waals surface area contributed by atoms with Crippen LogP contribution in [-0.4, -0.2) is 65.6 Å². The fourth-order valence-corrected chi connectivity index (χ4v) is 2.69. The van der Waals surface area contributed by atoms with Gasteiger partial charge in [0.05, 0.1) is 19.8 Å². The number of aliphatic hydroxyl groups is 1. The molecule has 0 amide bonds. The van der Waals surface area contributed by atoms with E-state index in [4.69, 9.17) is 9.26 Å². The number of nitrogens with one attached hydrogen (secondary N) is 1. The van der Waals surface area contributed by atoms with Gasteiger partial charge in [0.15, 0.2) is 0 Å². The number of β-amino-alcohol motifs (C(OH)–C–C–N with tert-alkyl or cyclic N) is 1. The Bertz CT molecular complexity index is 609. The summed E-state index contributed by atoms with van der Waals surface area (Å²) in [6.45, 7) is 3.15. The van der Waals surface area contributed by atoms with Crippen molar-refractivity contribution in [2.75, 3.05) is 39.9 Å². The van der Waals surface area contributed by atoms with Crippen molar-refractivity contribution in [1.82, 2.24) is 20.4 Å². The molecule has 0 radical (unpaired) electrons. The third kappa shape index (κ3) is 4.35. The highest BCUT2D eigenvalue weighted by atomic mass is 16.5. The summed E-state index contributed by atoms with van der Waals surface area (Å²) in [5, 5.41) is 17.8. The van der Waals surface area contributed by atoms with Crippen LogP contribution in [0.2, 0.25) is 0 Å². The van der Waals surface area contributed by atoms with E-state index in [0.717, 1.165) is 12.1 Å². The zero-order valence-corrected chi connectivity index (χ0v) is 13.2.